The van der Waals surface area contributed by atoms with Gasteiger partial charge in [0.2, 0.25) is 0 Å². The summed E-state index contributed by atoms with van der Waals surface area (Å²) >= 11 is 0. The maximum absolute atomic E-state index is 5.97. The van der Waals surface area contributed by atoms with Crippen LogP contribution in [0.15, 0.2) is 175 Å². The number of para-hydroxylation sites is 1. The third kappa shape index (κ3) is 5.97. The van der Waals surface area contributed by atoms with Gasteiger partial charge >= 0.3 is 0 Å². The summed E-state index contributed by atoms with van der Waals surface area (Å²) in [5.41, 5.74) is 26.8. The Morgan fingerprint density at radius 2 is 1.21 bits per heavy atom. The van der Waals surface area contributed by atoms with Gasteiger partial charge in [0.05, 0.1) is 11.0 Å². The molecule has 4 N–H and O–H groups in total. The van der Waals surface area contributed by atoms with Crippen molar-refractivity contribution in [3.05, 3.63) is 198 Å². The number of aromatic nitrogens is 1. The van der Waals surface area contributed by atoms with Crippen molar-refractivity contribution in [3.8, 4) is 27.9 Å². The van der Waals surface area contributed by atoms with Gasteiger partial charge in [0.1, 0.15) is 12.0 Å². The normalized spacial score (nSPS) is 13.7. The lowest BCUT2D eigenvalue weighted by Gasteiger charge is -2.22. The molecule has 1 unspecified atom stereocenters. The van der Waals surface area contributed by atoms with Gasteiger partial charge < -0.3 is 16.0 Å². The Labute approximate surface area is 305 Å². The van der Waals surface area contributed by atoms with E-state index in [1.807, 2.05) is 60.7 Å². The molecule has 7 aromatic carbocycles. The smallest absolute Gasteiger partial charge is 0.127 e. The minimum atomic E-state index is -0.420. The van der Waals surface area contributed by atoms with Gasteiger partial charge in [0, 0.05) is 27.4 Å². The van der Waals surface area contributed by atoms with Crippen LogP contribution in [0.4, 0.5) is 0 Å². The fourth-order valence-electron chi connectivity index (χ4n) is 7.64. The lowest BCUT2D eigenvalue weighted by atomic mass is 9.81. The summed E-state index contributed by atoms with van der Waals surface area (Å²) in [5, 5.41) is 2.59. The van der Waals surface area contributed by atoms with Crippen molar-refractivity contribution in [1.82, 2.24) is 4.57 Å². The van der Waals surface area contributed by atoms with Crippen LogP contribution in [0.2, 0.25) is 0 Å². The largest absolute Gasteiger partial charge is 0.383 e. The molecule has 0 bridgehead atoms. The summed E-state index contributed by atoms with van der Waals surface area (Å²) in [4.78, 5) is 4.29. The molecule has 9 rings (SSSR count). The van der Waals surface area contributed by atoms with Crippen molar-refractivity contribution in [2.24, 2.45) is 16.5 Å². The second-order valence-corrected chi connectivity index (χ2v) is 14.1. The number of aliphatic imine (C=N–C) groups is 1. The first-order chi connectivity index (χ1) is 25.3. The molecule has 1 aliphatic rings. The Morgan fingerprint density at radius 1 is 0.577 bits per heavy atom. The highest BCUT2D eigenvalue weighted by Crippen LogP contribution is 2.49. The van der Waals surface area contributed by atoms with Crippen LogP contribution in [0, 0.1) is 6.92 Å². The molecule has 0 saturated carbocycles. The lowest BCUT2D eigenvalue weighted by molar-refractivity contribution is 0.660. The van der Waals surface area contributed by atoms with Gasteiger partial charge in [-0.3, -0.25) is 0 Å². The third-order valence-electron chi connectivity index (χ3n) is 10.3. The Balaban J connectivity index is 0.000000192. The van der Waals surface area contributed by atoms with Gasteiger partial charge in [-0.2, -0.15) is 0 Å². The number of nitrogens with two attached hydrogens (primary N) is 2. The molecule has 0 aliphatic heterocycles. The van der Waals surface area contributed by atoms with Crippen molar-refractivity contribution in [2.75, 3.05) is 0 Å². The maximum atomic E-state index is 5.97. The maximum Gasteiger partial charge on any atom is 0.127 e. The molecule has 1 atom stereocenters. The van der Waals surface area contributed by atoms with Gasteiger partial charge in [-0.05, 0) is 87.8 Å². The Bertz CT molecular complexity index is 2580. The zero-order valence-corrected chi connectivity index (χ0v) is 29.8. The summed E-state index contributed by atoms with van der Waals surface area (Å²) in [6, 6.07) is 59.6. The lowest BCUT2D eigenvalue weighted by Crippen LogP contribution is -2.18. The first-order valence-electron chi connectivity index (χ1n) is 17.8. The van der Waals surface area contributed by atoms with Gasteiger partial charge in [-0.25, -0.2) is 4.99 Å². The molecule has 1 heterocycles. The molecule has 8 aromatic rings. The number of benzene rings is 7. The second-order valence-electron chi connectivity index (χ2n) is 14.1. The SMILES string of the molecule is Cc1cccc(-n2c3ccccc3c3cc(-c4ccc5c(c4)C(C)(C)c4ccccc4-5)ccc32)c1.N/C(=N\C(N)c1ccccc1)c1ccccc1. The van der Waals surface area contributed by atoms with Gasteiger partial charge in [-0.15, -0.1) is 0 Å². The molecule has 0 spiro atoms. The average molecular weight is 675 g/mol. The predicted molar refractivity (Wildman–Crippen MR) is 219 cm³/mol. The van der Waals surface area contributed by atoms with E-state index in [4.69, 9.17) is 11.5 Å². The fourth-order valence-corrected chi connectivity index (χ4v) is 7.64. The van der Waals surface area contributed by atoms with Gasteiger partial charge in [-0.1, -0.05) is 147 Å². The third-order valence-corrected chi connectivity index (χ3v) is 10.3. The number of amidine groups is 1. The molecular formula is C48H42N4. The molecule has 52 heavy (non-hydrogen) atoms. The monoisotopic (exact) mass is 674 g/mol. The zero-order valence-electron chi connectivity index (χ0n) is 29.8. The summed E-state index contributed by atoms with van der Waals surface area (Å²) in [6.07, 6.45) is -0.420. The van der Waals surface area contributed by atoms with E-state index in [9.17, 15) is 0 Å². The molecule has 0 saturated heterocycles. The molecule has 0 fully saturated rings. The molecule has 1 aromatic heterocycles. The Morgan fingerprint density at radius 3 is 2.00 bits per heavy atom. The molecule has 0 radical (unpaired) electrons. The van der Waals surface area contributed by atoms with Gasteiger partial charge in [0.15, 0.2) is 0 Å². The number of hydrogen-bond donors (Lipinski definition) is 2. The average Bonchev–Trinajstić information content (AvgIpc) is 3.63. The van der Waals surface area contributed by atoms with Crippen molar-refractivity contribution in [2.45, 2.75) is 32.4 Å². The highest BCUT2D eigenvalue weighted by molar-refractivity contribution is 6.10. The standard InChI is InChI=1S/C34H27N.C14H15N3/c1-22-9-8-10-25(19-22)35-32-14-7-5-12-28(32)29-20-23(16-18-33(29)35)24-15-17-27-26-11-4-6-13-30(26)34(2,3)31(27)21-24;15-13(11-7-3-1-4-8-11)17-14(16)12-9-5-2-6-10-12/h4-21H,1-3H3;1-10,13H,15H2,(H2,16,17). The highest BCUT2D eigenvalue weighted by Gasteiger charge is 2.35. The van der Waals surface area contributed by atoms with Crippen LogP contribution >= 0.6 is 0 Å². The van der Waals surface area contributed by atoms with E-state index in [1.165, 1.54) is 66.4 Å². The Kier molecular flexibility index (Phi) is 8.54. The van der Waals surface area contributed by atoms with E-state index in [0.717, 1.165) is 11.1 Å². The number of aryl methyl sites for hydroxylation is 1. The second kappa shape index (κ2) is 13.5. The van der Waals surface area contributed by atoms with Crippen LogP contribution in [-0.2, 0) is 5.41 Å². The van der Waals surface area contributed by atoms with E-state index < -0.39 is 6.17 Å². The van der Waals surface area contributed by atoms with Crippen molar-refractivity contribution in [3.63, 3.8) is 0 Å². The van der Waals surface area contributed by atoms with E-state index >= 15 is 0 Å². The summed E-state index contributed by atoms with van der Waals surface area (Å²) < 4.78 is 2.39. The summed E-state index contributed by atoms with van der Waals surface area (Å²) in [5.74, 6) is 0.460. The first-order valence-corrected chi connectivity index (χ1v) is 17.8. The summed E-state index contributed by atoms with van der Waals surface area (Å²) in [7, 11) is 0. The molecule has 254 valence electrons. The molecule has 4 nitrogen and oxygen atoms in total. The molecule has 0 amide bonds. The van der Waals surface area contributed by atoms with Crippen molar-refractivity contribution < 1.29 is 0 Å². The van der Waals surface area contributed by atoms with Crippen LogP contribution in [-0.4, -0.2) is 10.4 Å². The fraction of sp³-hybridized carbons (Fsp3) is 0.104. The van der Waals surface area contributed by atoms with E-state index in [0.29, 0.717) is 5.84 Å². The highest BCUT2D eigenvalue weighted by atomic mass is 15.0. The number of rotatable bonds is 5. The predicted octanol–water partition coefficient (Wildman–Crippen LogP) is 11.1. The van der Waals surface area contributed by atoms with E-state index in [2.05, 4.69) is 140 Å². The quantitative estimate of drug-likeness (QED) is 0.141. The Hall–Kier alpha value is -6.23. The first kappa shape index (κ1) is 32.9. The van der Waals surface area contributed by atoms with Gasteiger partial charge in [0.25, 0.3) is 0 Å². The van der Waals surface area contributed by atoms with Crippen LogP contribution in [0.5, 0.6) is 0 Å². The number of hydrogen-bond acceptors (Lipinski definition) is 2. The minimum absolute atomic E-state index is 0.00718. The molecular weight excluding hydrogens is 633 g/mol. The van der Waals surface area contributed by atoms with Crippen molar-refractivity contribution in [1.29, 1.82) is 0 Å². The van der Waals surface area contributed by atoms with E-state index in [-0.39, 0.29) is 5.41 Å². The van der Waals surface area contributed by atoms with Crippen LogP contribution in [0.3, 0.4) is 0 Å². The zero-order chi connectivity index (χ0) is 35.8. The topological polar surface area (TPSA) is 69.3 Å². The van der Waals surface area contributed by atoms with E-state index in [1.54, 1.807) is 0 Å². The number of nitrogens with zero attached hydrogens (tertiary/aromatic N) is 2. The van der Waals surface area contributed by atoms with Crippen LogP contribution in [0.1, 0.15) is 47.8 Å². The van der Waals surface area contributed by atoms with Crippen LogP contribution in [0.25, 0.3) is 49.7 Å². The minimum Gasteiger partial charge on any atom is -0.383 e. The molecule has 1 aliphatic carbocycles. The number of fused-ring (bicyclic) bond motifs is 6. The molecule has 4 heteroatoms. The van der Waals surface area contributed by atoms with Crippen LogP contribution < -0.4 is 11.5 Å². The summed E-state index contributed by atoms with van der Waals surface area (Å²) in [6.45, 7) is 6.85. The van der Waals surface area contributed by atoms with Crippen molar-refractivity contribution >= 4 is 27.6 Å².